The third-order valence-electron chi connectivity index (χ3n) is 2.43. The highest BCUT2D eigenvalue weighted by Crippen LogP contribution is 2.31. The molecule has 0 aromatic carbocycles. The van der Waals surface area contributed by atoms with Gasteiger partial charge in [-0.05, 0) is 31.7 Å². The summed E-state index contributed by atoms with van der Waals surface area (Å²) in [5, 5.41) is 0. The van der Waals surface area contributed by atoms with Gasteiger partial charge in [-0.25, -0.2) is 0 Å². The van der Waals surface area contributed by atoms with Crippen molar-refractivity contribution in [2.45, 2.75) is 32.7 Å². The van der Waals surface area contributed by atoms with Gasteiger partial charge in [0.2, 0.25) is 0 Å². The molecule has 0 spiro atoms. The first-order valence-electron chi connectivity index (χ1n) is 5.03. The predicted octanol–water partition coefficient (Wildman–Crippen LogP) is 1.31. The van der Waals surface area contributed by atoms with Crippen LogP contribution < -0.4 is 5.73 Å². The summed E-state index contributed by atoms with van der Waals surface area (Å²) in [6.07, 6.45) is 2.72. The van der Waals surface area contributed by atoms with Gasteiger partial charge in [-0.2, -0.15) is 0 Å². The van der Waals surface area contributed by atoms with Gasteiger partial charge in [0.15, 0.2) is 0 Å². The highest BCUT2D eigenvalue weighted by Gasteiger charge is 2.28. The van der Waals surface area contributed by atoms with E-state index in [1.54, 1.807) is 0 Å². The van der Waals surface area contributed by atoms with Gasteiger partial charge in [-0.1, -0.05) is 13.8 Å². The quantitative estimate of drug-likeness (QED) is 0.674. The standard InChI is InChI=1S/C10H22N2/c1-8(2)6-12(3)7-10(11)9-4-5-9/h8-10H,4-7,11H2,1-3H3. The van der Waals surface area contributed by atoms with Crippen molar-refractivity contribution in [2.75, 3.05) is 20.1 Å². The molecule has 0 saturated heterocycles. The normalized spacial score (nSPS) is 20.5. The molecule has 0 radical (unpaired) electrons. The molecule has 1 aliphatic rings. The molecule has 1 unspecified atom stereocenters. The largest absolute Gasteiger partial charge is 0.326 e. The van der Waals surface area contributed by atoms with Crippen molar-refractivity contribution in [1.29, 1.82) is 0 Å². The monoisotopic (exact) mass is 170 g/mol. The maximum atomic E-state index is 6.01. The lowest BCUT2D eigenvalue weighted by molar-refractivity contribution is 0.269. The van der Waals surface area contributed by atoms with Gasteiger partial charge in [-0.15, -0.1) is 0 Å². The molecule has 1 rings (SSSR count). The van der Waals surface area contributed by atoms with Crippen molar-refractivity contribution in [3.05, 3.63) is 0 Å². The average Bonchev–Trinajstić information content (AvgIpc) is 2.63. The Kier molecular flexibility index (Phi) is 3.53. The van der Waals surface area contributed by atoms with Gasteiger partial charge in [-0.3, -0.25) is 0 Å². The molecule has 0 aromatic rings. The lowest BCUT2D eigenvalue weighted by Gasteiger charge is -2.22. The average molecular weight is 170 g/mol. The topological polar surface area (TPSA) is 29.3 Å². The van der Waals surface area contributed by atoms with Crippen LogP contribution in [0.3, 0.4) is 0 Å². The van der Waals surface area contributed by atoms with E-state index in [1.807, 2.05) is 0 Å². The van der Waals surface area contributed by atoms with E-state index in [4.69, 9.17) is 5.73 Å². The smallest absolute Gasteiger partial charge is 0.0196 e. The second-order valence-electron chi connectivity index (χ2n) is 4.62. The SMILES string of the molecule is CC(C)CN(C)CC(N)C1CC1. The Bertz CT molecular complexity index is 130. The van der Waals surface area contributed by atoms with Crippen molar-refractivity contribution < 1.29 is 0 Å². The summed E-state index contributed by atoms with van der Waals surface area (Å²) in [4.78, 5) is 2.35. The molecule has 0 aromatic heterocycles. The molecule has 1 atom stereocenters. The van der Waals surface area contributed by atoms with Crippen molar-refractivity contribution in [3.8, 4) is 0 Å². The first-order valence-corrected chi connectivity index (χ1v) is 5.03. The van der Waals surface area contributed by atoms with E-state index in [1.165, 1.54) is 19.4 Å². The molecular weight excluding hydrogens is 148 g/mol. The van der Waals surface area contributed by atoms with Crippen LogP contribution in [-0.2, 0) is 0 Å². The minimum absolute atomic E-state index is 0.425. The molecule has 1 saturated carbocycles. The molecule has 0 heterocycles. The fraction of sp³-hybridized carbons (Fsp3) is 1.00. The van der Waals surface area contributed by atoms with Crippen molar-refractivity contribution in [1.82, 2.24) is 4.90 Å². The van der Waals surface area contributed by atoms with E-state index < -0.39 is 0 Å². The van der Waals surface area contributed by atoms with E-state index in [9.17, 15) is 0 Å². The lowest BCUT2D eigenvalue weighted by atomic mass is 10.1. The molecule has 12 heavy (non-hydrogen) atoms. The molecule has 0 bridgehead atoms. The summed E-state index contributed by atoms with van der Waals surface area (Å²) in [6.45, 7) is 6.74. The van der Waals surface area contributed by atoms with Gasteiger partial charge >= 0.3 is 0 Å². The van der Waals surface area contributed by atoms with Gasteiger partial charge in [0.25, 0.3) is 0 Å². The number of hydrogen-bond acceptors (Lipinski definition) is 2. The Morgan fingerprint density at radius 3 is 2.33 bits per heavy atom. The van der Waals surface area contributed by atoms with Crippen LogP contribution in [0.25, 0.3) is 0 Å². The summed E-state index contributed by atoms with van der Waals surface area (Å²) in [5.41, 5.74) is 6.01. The minimum atomic E-state index is 0.425. The summed E-state index contributed by atoms with van der Waals surface area (Å²) in [6, 6.07) is 0.425. The Morgan fingerprint density at radius 1 is 1.33 bits per heavy atom. The third kappa shape index (κ3) is 3.55. The molecule has 2 N–H and O–H groups in total. The fourth-order valence-electron chi connectivity index (χ4n) is 1.73. The zero-order chi connectivity index (χ0) is 9.14. The zero-order valence-electron chi connectivity index (χ0n) is 8.59. The Labute approximate surface area is 76.1 Å². The van der Waals surface area contributed by atoms with E-state index in [0.29, 0.717) is 6.04 Å². The molecule has 2 heteroatoms. The molecular formula is C10H22N2. The van der Waals surface area contributed by atoms with Crippen LogP contribution in [0.5, 0.6) is 0 Å². The minimum Gasteiger partial charge on any atom is -0.326 e. The van der Waals surface area contributed by atoms with Crippen LogP contribution in [0.2, 0.25) is 0 Å². The van der Waals surface area contributed by atoms with Crippen LogP contribution in [0, 0.1) is 11.8 Å². The maximum absolute atomic E-state index is 6.01. The second-order valence-corrected chi connectivity index (χ2v) is 4.62. The number of nitrogens with zero attached hydrogens (tertiary/aromatic N) is 1. The fourth-order valence-corrected chi connectivity index (χ4v) is 1.73. The first-order chi connectivity index (χ1) is 5.59. The van der Waals surface area contributed by atoms with Gasteiger partial charge in [0, 0.05) is 19.1 Å². The zero-order valence-corrected chi connectivity index (χ0v) is 8.59. The lowest BCUT2D eigenvalue weighted by Crippen LogP contribution is -2.38. The van der Waals surface area contributed by atoms with Crippen molar-refractivity contribution >= 4 is 0 Å². The number of likely N-dealkylation sites (N-methyl/N-ethyl adjacent to an activating group) is 1. The van der Waals surface area contributed by atoms with Gasteiger partial charge in [0.05, 0.1) is 0 Å². The van der Waals surface area contributed by atoms with Crippen molar-refractivity contribution in [2.24, 2.45) is 17.6 Å². The van der Waals surface area contributed by atoms with Gasteiger partial charge < -0.3 is 10.6 Å². The van der Waals surface area contributed by atoms with E-state index in [0.717, 1.165) is 18.4 Å². The molecule has 0 aliphatic heterocycles. The summed E-state index contributed by atoms with van der Waals surface area (Å²) < 4.78 is 0. The molecule has 2 nitrogen and oxygen atoms in total. The van der Waals surface area contributed by atoms with E-state index in [2.05, 4.69) is 25.8 Å². The summed E-state index contributed by atoms with van der Waals surface area (Å²) in [5.74, 6) is 1.58. The molecule has 0 amide bonds. The number of hydrogen-bond donors (Lipinski definition) is 1. The van der Waals surface area contributed by atoms with Crippen LogP contribution in [0.15, 0.2) is 0 Å². The Hall–Kier alpha value is -0.0800. The van der Waals surface area contributed by atoms with Crippen LogP contribution in [-0.4, -0.2) is 31.1 Å². The predicted molar refractivity (Wildman–Crippen MR) is 53.0 cm³/mol. The number of nitrogens with two attached hydrogens (primary N) is 1. The van der Waals surface area contributed by atoms with Crippen LogP contribution in [0.1, 0.15) is 26.7 Å². The Morgan fingerprint density at radius 2 is 1.92 bits per heavy atom. The highest BCUT2D eigenvalue weighted by molar-refractivity contribution is 4.85. The second kappa shape index (κ2) is 4.24. The molecule has 1 aliphatic carbocycles. The molecule has 72 valence electrons. The van der Waals surface area contributed by atoms with Crippen LogP contribution >= 0.6 is 0 Å². The number of rotatable bonds is 5. The summed E-state index contributed by atoms with van der Waals surface area (Å²) >= 11 is 0. The molecule has 1 fully saturated rings. The first kappa shape index (κ1) is 10.0. The van der Waals surface area contributed by atoms with Gasteiger partial charge in [0.1, 0.15) is 0 Å². The van der Waals surface area contributed by atoms with Crippen molar-refractivity contribution in [3.63, 3.8) is 0 Å². The summed E-state index contributed by atoms with van der Waals surface area (Å²) in [7, 11) is 2.17. The maximum Gasteiger partial charge on any atom is 0.0196 e. The highest BCUT2D eigenvalue weighted by atomic mass is 15.1. The van der Waals surface area contributed by atoms with Crippen LogP contribution in [0.4, 0.5) is 0 Å². The van der Waals surface area contributed by atoms with E-state index >= 15 is 0 Å². The Balaban J connectivity index is 2.11. The van der Waals surface area contributed by atoms with E-state index in [-0.39, 0.29) is 0 Å². The third-order valence-corrected chi connectivity index (χ3v) is 2.43.